The fourth-order valence-electron chi connectivity index (χ4n) is 2.43. The van der Waals surface area contributed by atoms with Crippen molar-refractivity contribution in [1.82, 2.24) is 4.90 Å². The minimum atomic E-state index is 0.0723. The van der Waals surface area contributed by atoms with E-state index in [1.165, 1.54) is 6.42 Å². The molecule has 0 heterocycles. The van der Waals surface area contributed by atoms with Gasteiger partial charge in [-0.15, -0.1) is 0 Å². The number of carbonyl (C=O) groups excluding carboxylic acids is 1. The van der Waals surface area contributed by atoms with E-state index < -0.39 is 0 Å². The molecule has 0 aliphatic heterocycles. The van der Waals surface area contributed by atoms with E-state index in [2.05, 4.69) is 5.32 Å². The van der Waals surface area contributed by atoms with Crippen LogP contribution in [0.25, 0.3) is 0 Å². The van der Waals surface area contributed by atoms with Gasteiger partial charge in [-0.05, 0) is 37.8 Å². The van der Waals surface area contributed by atoms with Crippen LogP contribution in [-0.4, -0.2) is 42.2 Å². The van der Waals surface area contributed by atoms with Crippen molar-refractivity contribution >= 4 is 11.6 Å². The number of amides is 1. The zero-order valence-electron chi connectivity index (χ0n) is 11.4. The second-order valence-corrected chi connectivity index (χ2v) is 4.96. The molecule has 0 unspecified atom stereocenters. The average Bonchev–Trinajstić information content (AvgIpc) is 2.40. The fraction of sp³-hybridized carbons (Fsp3) is 0.533. The third kappa shape index (κ3) is 3.07. The Balaban J connectivity index is 2.17. The Hall–Kier alpha value is -1.55. The Bertz CT molecular complexity index is 430. The van der Waals surface area contributed by atoms with E-state index in [-0.39, 0.29) is 12.5 Å². The maximum absolute atomic E-state index is 12.7. The third-order valence-corrected chi connectivity index (χ3v) is 3.76. The highest BCUT2D eigenvalue weighted by Crippen LogP contribution is 2.27. The first-order chi connectivity index (χ1) is 9.27. The first-order valence-electron chi connectivity index (χ1n) is 6.96. The van der Waals surface area contributed by atoms with Crippen LogP contribution in [0.3, 0.4) is 0 Å². The second-order valence-electron chi connectivity index (χ2n) is 4.96. The molecular formula is C15H22N2O2. The molecule has 1 amide bonds. The van der Waals surface area contributed by atoms with Gasteiger partial charge in [-0.3, -0.25) is 4.79 Å². The summed E-state index contributed by atoms with van der Waals surface area (Å²) in [5, 5.41) is 12.1. The van der Waals surface area contributed by atoms with Crippen LogP contribution in [0.2, 0.25) is 0 Å². The summed E-state index contributed by atoms with van der Waals surface area (Å²) in [6, 6.07) is 7.93. The first kappa shape index (κ1) is 13.9. The van der Waals surface area contributed by atoms with Crippen LogP contribution in [0.4, 0.5) is 5.69 Å². The van der Waals surface area contributed by atoms with Crippen LogP contribution in [0, 0.1) is 0 Å². The first-order valence-corrected chi connectivity index (χ1v) is 6.96. The molecule has 0 bridgehead atoms. The van der Waals surface area contributed by atoms with Gasteiger partial charge in [-0.25, -0.2) is 0 Å². The van der Waals surface area contributed by atoms with Crippen LogP contribution in [0.15, 0.2) is 24.3 Å². The monoisotopic (exact) mass is 262 g/mol. The smallest absolute Gasteiger partial charge is 0.256 e. The summed E-state index contributed by atoms with van der Waals surface area (Å²) < 4.78 is 0. The lowest BCUT2D eigenvalue weighted by Crippen LogP contribution is -2.45. The van der Waals surface area contributed by atoms with Gasteiger partial charge in [-0.1, -0.05) is 12.1 Å². The van der Waals surface area contributed by atoms with Gasteiger partial charge in [0.15, 0.2) is 0 Å². The molecule has 104 valence electrons. The van der Waals surface area contributed by atoms with E-state index in [1.54, 1.807) is 0 Å². The lowest BCUT2D eigenvalue weighted by Gasteiger charge is -2.38. The summed E-state index contributed by atoms with van der Waals surface area (Å²) in [4.78, 5) is 14.6. The van der Waals surface area contributed by atoms with E-state index in [1.807, 2.05) is 36.2 Å². The van der Waals surface area contributed by atoms with E-state index in [0.29, 0.717) is 19.0 Å². The second kappa shape index (κ2) is 6.57. The van der Waals surface area contributed by atoms with Crippen molar-refractivity contribution in [3.63, 3.8) is 0 Å². The van der Waals surface area contributed by atoms with Crippen molar-refractivity contribution in [2.45, 2.75) is 31.7 Å². The fourth-order valence-corrected chi connectivity index (χ4v) is 2.43. The largest absolute Gasteiger partial charge is 0.396 e. The van der Waals surface area contributed by atoms with Crippen molar-refractivity contribution in [3.05, 3.63) is 29.8 Å². The summed E-state index contributed by atoms with van der Waals surface area (Å²) in [5.41, 5.74) is 1.58. The SMILES string of the molecule is CNc1ccccc1C(=O)N(CCCO)C1CCC1. The molecule has 1 saturated carbocycles. The molecule has 4 heteroatoms. The highest BCUT2D eigenvalue weighted by molar-refractivity contribution is 5.99. The Morgan fingerprint density at radius 3 is 2.74 bits per heavy atom. The molecule has 0 atom stereocenters. The van der Waals surface area contributed by atoms with E-state index in [4.69, 9.17) is 5.11 Å². The predicted molar refractivity (Wildman–Crippen MR) is 76.4 cm³/mol. The molecule has 0 saturated heterocycles. The van der Waals surface area contributed by atoms with Gasteiger partial charge in [0.1, 0.15) is 0 Å². The van der Waals surface area contributed by atoms with E-state index in [9.17, 15) is 4.79 Å². The lowest BCUT2D eigenvalue weighted by atomic mass is 9.90. The van der Waals surface area contributed by atoms with Crippen molar-refractivity contribution in [1.29, 1.82) is 0 Å². The Morgan fingerprint density at radius 2 is 2.16 bits per heavy atom. The van der Waals surface area contributed by atoms with Crippen molar-refractivity contribution in [3.8, 4) is 0 Å². The van der Waals surface area contributed by atoms with Gasteiger partial charge in [0.05, 0.1) is 5.56 Å². The molecular weight excluding hydrogens is 240 g/mol. The number of carbonyl (C=O) groups is 1. The number of rotatable bonds is 6. The molecule has 0 radical (unpaired) electrons. The maximum Gasteiger partial charge on any atom is 0.256 e. The number of nitrogens with one attached hydrogen (secondary N) is 1. The van der Waals surface area contributed by atoms with Crippen LogP contribution in [0.1, 0.15) is 36.0 Å². The average molecular weight is 262 g/mol. The molecule has 1 fully saturated rings. The van der Waals surface area contributed by atoms with Crippen LogP contribution in [0.5, 0.6) is 0 Å². The summed E-state index contributed by atoms with van der Waals surface area (Å²) in [6.07, 6.45) is 4.00. The molecule has 1 aromatic rings. The number of hydrogen-bond acceptors (Lipinski definition) is 3. The maximum atomic E-state index is 12.7. The third-order valence-electron chi connectivity index (χ3n) is 3.76. The molecule has 0 aromatic heterocycles. The molecule has 1 aliphatic carbocycles. The molecule has 2 N–H and O–H groups in total. The van der Waals surface area contributed by atoms with Crippen LogP contribution < -0.4 is 5.32 Å². The number of aliphatic hydroxyl groups is 1. The highest BCUT2D eigenvalue weighted by Gasteiger charge is 2.29. The number of aliphatic hydroxyl groups excluding tert-OH is 1. The van der Waals surface area contributed by atoms with Gasteiger partial charge in [0.2, 0.25) is 0 Å². The normalized spacial score (nSPS) is 14.8. The van der Waals surface area contributed by atoms with Gasteiger partial charge in [-0.2, -0.15) is 0 Å². The lowest BCUT2D eigenvalue weighted by molar-refractivity contribution is 0.0563. The van der Waals surface area contributed by atoms with Crippen LogP contribution in [-0.2, 0) is 0 Å². The van der Waals surface area contributed by atoms with Gasteiger partial charge in [0.25, 0.3) is 5.91 Å². The van der Waals surface area contributed by atoms with Crippen molar-refractivity contribution in [2.75, 3.05) is 25.5 Å². The Kier molecular flexibility index (Phi) is 4.80. The molecule has 1 aromatic carbocycles. The molecule has 2 rings (SSSR count). The Labute approximate surface area is 114 Å². The number of hydrogen-bond donors (Lipinski definition) is 2. The molecule has 0 spiro atoms. The van der Waals surface area contributed by atoms with E-state index >= 15 is 0 Å². The van der Waals surface area contributed by atoms with Crippen molar-refractivity contribution < 1.29 is 9.90 Å². The summed E-state index contributed by atoms with van der Waals surface area (Å²) in [6.45, 7) is 0.766. The highest BCUT2D eigenvalue weighted by atomic mass is 16.3. The number of para-hydroxylation sites is 1. The zero-order chi connectivity index (χ0) is 13.7. The van der Waals surface area contributed by atoms with Gasteiger partial charge >= 0.3 is 0 Å². The zero-order valence-corrected chi connectivity index (χ0v) is 11.4. The number of nitrogens with zero attached hydrogens (tertiary/aromatic N) is 1. The predicted octanol–water partition coefficient (Wildman–Crippen LogP) is 2.11. The van der Waals surface area contributed by atoms with Crippen molar-refractivity contribution in [2.24, 2.45) is 0 Å². The molecule has 4 nitrogen and oxygen atoms in total. The summed E-state index contributed by atoms with van der Waals surface area (Å²) >= 11 is 0. The number of anilines is 1. The van der Waals surface area contributed by atoms with Crippen LogP contribution >= 0.6 is 0 Å². The molecule has 1 aliphatic rings. The standard InChI is InChI=1S/C15H22N2O2/c1-16-14-9-3-2-8-13(14)15(19)17(10-5-11-18)12-6-4-7-12/h2-3,8-9,12,16,18H,4-7,10-11H2,1H3. The minimum absolute atomic E-state index is 0.0723. The quantitative estimate of drug-likeness (QED) is 0.825. The summed E-state index contributed by atoms with van der Waals surface area (Å²) in [7, 11) is 1.83. The minimum Gasteiger partial charge on any atom is -0.396 e. The van der Waals surface area contributed by atoms with Gasteiger partial charge < -0.3 is 15.3 Å². The topological polar surface area (TPSA) is 52.6 Å². The van der Waals surface area contributed by atoms with Gasteiger partial charge in [0, 0.05) is 31.9 Å². The number of benzene rings is 1. The molecule has 19 heavy (non-hydrogen) atoms. The Morgan fingerprint density at radius 1 is 1.42 bits per heavy atom. The summed E-state index contributed by atoms with van der Waals surface area (Å²) in [5.74, 6) is 0.0723. The van der Waals surface area contributed by atoms with E-state index in [0.717, 1.165) is 24.1 Å².